The highest BCUT2D eigenvalue weighted by Gasteiger charge is 2.21. The van der Waals surface area contributed by atoms with Gasteiger partial charge in [0.25, 0.3) is 0 Å². The van der Waals surface area contributed by atoms with Crippen molar-refractivity contribution >= 4 is 19.7 Å². The molecule has 1 unspecified atom stereocenters. The van der Waals surface area contributed by atoms with Gasteiger partial charge >= 0.3 is 0 Å². The number of halogens is 1. The molecule has 1 aliphatic heterocycles. The van der Waals surface area contributed by atoms with Crippen molar-refractivity contribution in [2.75, 3.05) is 38.6 Å². The molecule has 1 saturated heterocycles. The largest absolute Gasteiger partial charge is 0.321 e. The number of hydrogen-bond donors (Lipinski definition) is 1. The molecule has 1 atom stereocenters. The highest BCUT2D eigenvalue weighted by molar-refractivity contribution is 8.13. The van der Waals surface area contributed by atoms with Crippen LogP contribution in [0.4, 0.5) is 0 Å². The van der Waals surface area contributed by atoms with Crippen molar-refractivity contribution < 1.29 is 13.3 Å². The Hall–Kier alpha value is 0.160. The third-order valence-corrected chi connectivity index (χ3v) is 3.83. The maximum Gasteiger partial charge on any atom is 0.232 e. The van der Waals surface area contributed by atoms with Crippen LogP contribution in [-0.2, 0) is 9.05 Å². The molecular weight excluding hydrogens is 224 g/mol. The van der Waals surface area contributed by atoms with E-state index in [4.69, 9.17) is 10.7 Å². The van der Waals surface area contributed by atoms with Crippen LogP contribution in [0.1, 0.15) is 13.3 Å². The van der Waals surface area contributed by atoms with Crippen molar-refractivity contribution in [1.82, 2.24) is 4.90 Å². The maximum atomic E-state index is 10.7. The molecular formula is C8H18ClN2O2S+. The first-order valence-electron chi connectivity index (χ1n) is 4.99. The van der Waals surface area contributed by atoms with Gasteiger partial charge < -0.3 is 4.90 Å². The van der Waals surface area contributed by atoms with Gasteiger partial charge in [-0.25, -0.2) is 8.42 Å². The summed E-state index contributed by atoms with van der Waals surface area (Å²) in [6, 6.07) is 0. The Morgan fingerprint density at radius 3 is 2.71 bits per heavy atom. The monoisotopic (exact) mass is 241 g/mol. The summed E-state index contributed by atoms with van der Waals surface area (Å²) in [7, 11) is 1.84. The molecule has 1 N–H and O–H groups in total. The topological polar surface area (TPSA) is 41.8 Å². The summed E-state index contributed by atoms with van der Waals surface area (Å²) in [6.07, 6.45) is 0.665. The van der Waals surface area contributed by atoms with Crippen molar-refractivity contribution in [1.29, 1.82) is 0 Å². The Bertz CT molecular complexity index is 269. The van der Waals surface area contributed by atoms with Gasteiger partial charge in [-0.3, -0.25) is 4.90 Å². The van der Waals surface area contributed by atoms with E-state index in [1.165, 1.54) is 4.90 Å². The van der Waals surface area contributed by atoms with Gasteiger partial charge in [0, 0.05) is 23.6 Å². The first kappa shape index (κ1) is 12.2. The molecule has 0 saturated carbocycles. The molecule has 0 aliphatic carbocycles. The smallest absolute Gasteiger partial charge is 0.232 e. The Morgan fingerprint density at radius 2 is 2.21 bits per heavy atom. The van der Waals surface area contributed by atoms with Crippen molar-refractivity contribution in [2.45, 2.75) is 13.3 Å². The van der Waals surface area contributed by atoms with E-state index in [0.29, 0.717) is 6.42 Å². The van der Waals surface area contributed by atoms with Crippen LogP contribution in [0.3, 0.4) is 0 Å². The first-order valence-corrected chi connectivity index (χ1v) is 7.47. The van der Waals surface area contributed by atoms with Crippen LogP contribution in [0.5, 0.6) is 0 Å². The SMILES string of the molecule is CCN1CC[NH+](CCCS(=O)(=O)Cl)C1. The first-order chi connectivity index (χ1) is 6.51. The van der Waals surface area contributed by atoms with Gasteiger partial charge in [-0.15, -0.1) is 0 Å². The molecule has 0 amide bonds. The lowest BCUT2D eigenvalue weighted by atomic mass is 10.4. The summed E-state index contributed by atoms with van der Waals surface area (Å²) in [5, 5.41) is 0. The second-order valence-electron chi connectivity index (χ2n) is 3.72. The fraction of sp³-hybridized carbons (Fsp3) is 1.00. The second kappa shape index (κ2) is 5.30. The summed E-state index contributed by atoms with van der Waals surface area (Å²) < 4.78 is 21.3. The third kappa shape index (κ3) is 4.59. The maximum absolute atomic E-state index is 10.7. The Labute approximate surface area is 90.2 Å². The van der Waals surface area contributed by atoms with E-state index >= 15 is 0 Å². The van der Waals surface area contributed by atoms with Gasteiger partial charge in [0.1, 0.15) is 6.67 Å². The van der Waals surface area contributed by atoms with Gasteiger partial charge in [-0.2, -0.15) is 0 Å². The molecule has 14 heavy (non-hydrogen) atoms. The molecule has 6 heteroatoms. The van der Waals surface area contributed by atoms with Crippen LogP contribution in [0.15, 0.2) is 0 Å². The predicted molar refractivity (Wildman–Crippen MR) is 57.1 cm³/mol. The van der Waals surface area contributed by atoms with Crippen LogP contribution in [0.2, 0.25) is 0 Å². The van der Waals surface area contributed by atoms with Crippen LogP contribution < -0.4 is 4.90 Å². The average Bonchev–Trinajstić information content (AvgIpc) is 2.50. The summed E-state index contributed by atoms with van der Waals surface area (Å²) in [6.45, 7) is 7.42. The summed E-state index contributed by atoms with van der Waals surface area (Å²) in [4.78, 5) is 3.83. The van der Waals surface area contributed by atoms with Crippen molar-refractivity contribution in [3.05, 3.63) is 0 Å². The fourth-order valence-electron chi connectivity index (χ4n) is 1.76. The zero-order valence-corrected chi connectivity index (χ0v) is 10.1. The molecule has 1 rings (SSSR count). The zero-order valence-electron chi connectivity index (χ0n) is 8.50. The average molecular weight is 242 g/mol. The van der Waals surface area contributed by atoms with E-state index in [-0.39, 0.29) is 5.75 Å². The van der Waals surface area contributed by atoms with Crippen LogP contribution in [0.25, 0.3) is 0 Å². The molecule has 0 bridgehead atoms. The predicted octanol–water partition coefficient (Wildman–Crippen LogP) is -0.877. The summed E-state index contributed by atoms with van der Waals surface area (Å²) >= 11 is 0. The minimum atomic E-state index is -3.29. The number of nitrogens with one attached hydrogen (secondary N) is 1. The second-order valence-corrected chi connectivity index (χ2v) is 6.61. The highest BCUT2D eigenvalue weighted by atomic mass is 35.7. The lowest BCUT2D eigenvalue weighted by Crippen LogP contribution is -3.10. The summed E-state index contributed by atoms with van der Waals surface area (Å²) in [5.41, 5.74) is 0. The molecule has 1 aliphatic rings. The van der Waals surface area contributed by atoms with Crippen LogP contribution in [0, 0.1) is 0 Å². The normalized spacial score (nSPS) is 24.3. The van der Waals surface area contributed by atoms with Gasteiger partial charge in [0.2, 0.25) is 9.05 Å². The fourth-order valence-corrected chi connectivity index (χ4v) is 2.58. The number of hydrogen-bond acceptors (Lipinski definition) is 3. The van der Waals surface area contributed by atoms with E-state index < -0.39 is 9.05 Å². The highest BCUT2D eigenvalue weighted by Crippen LogP contribution is 1.97. The van der Waals surface area contributed by atoms with Crippen molar-refractivity contribution in [3.8, 4) is 0 Å². The molecule has 0 aromatic heterocycles. The Morgan fingerprint density at radius 1 is 1.50 bits per heavy atom. The molecule has 4 nitrogen and oxygen atoms in total. The van der Waals surface area contributed by atoms with Gasteiger partial charge in [-0.1, -0.05) is 6.92 Å². The minimum Gasteiger partial charge on any atom is -0.321 e. The Kier molecular flexibility index (Phi) is 4.63. The number of nitrogens with zero attached hydrogens (tertiary/aromatic N) is 1. The van der Waals surface area contributed by atoms with Crippen LogP contribution in [-0.4, -0.2) is 51.9 Å². The lowest BCUT2D eigenvalue weighted by Gasteiger charge is -2.12. The van der Waals surface area contributed by atoms with Crippen LogP contribution >= 0.6 is 10.7 Å². The van der Waals surface area contributed by atoms with Gasteiger partial charge in [0.15, 0.2) is 0 Å². The van der Waals surface area contributed by atoms with E-state index in [9.17, 15) is 8.42 Å². The van der Waals surface area contributed by atoms with Gasteiger partial charge in [0.05, 0.1) is 25.4 Å². The standard InChI is InChI=1S/C8H17ClN2O2S/c1-2-10-5-6-11(8-10)4-3-7-14(9,12)13/h2-8H2,1H3/p+1. The molecule has 84 valence electrons. The van der Waals surface area contributed by atoms with E-state index in [0.717, 1.165) is 32.8 Å². The van der Waals surface area contributed by atoms with Crippen molar-refractivity contribution in [3.63, 3.8) is 0 Å². The quantitative estimate of drug-likeness (QED) is 0.636. The van der Waals surface area contributed by atoms with E-state index in [2.05, 4.69) is 11.8 Å². The molecule has 1 heterocycles. The zero-order chi connectivity index (χ0) is 10.6. The molecule has 1 fully saturated rings. The minimum absolute atomic E-state index is 0.101. The van der Waals surface area contributed by atoms with E-state index in [1.54, 1.807) is 0 Å². The van der Waals surface area contributed by atoms with E-state index in [1.807, 2.05) is 0 Å². The number of quaternary nitrogens is 1. The molecule has 0 aromatic carbocycles. The summed E-state index contributed by atoms with van der Waals surface area (Å²) in [5.74, 6) is 0.101. The Balaban J connectivity index is 2.15. The molecule has 0 radical (unpaired) electrons. The third-order valence-electron chi connectivity index (χ3n) is 2.59. The lowest BCUT2D eigenvalue weighted by molar-refractivity contribution is -0.891. The number of likely N-dealkylation sites (N-methyl/N-ethyl adjacent to an activating group) is 1. The van der Waals surface area contributed by atoms with Gasteiger partial charge in [-0.05, 0) is 0 Å². The molecule has 0 spiro atoms. The molecule has 0 aromatic rings. The number of rotatable bonds is 5. The van der Waals surface area contributed by atoms with Crippen molar-refractivity contribution in [2.24, 2.45) is 0 Å².